The zero-order valence-electron chi connectivity index (χ0n) is 13.5. The summed E-state index contributed by atoms with van der Waals surface area (Å²) in [5.41, 5.74) is 0.695. The number of hydrogen-bond acceptors (Lipinski definition) is 7. The second-order valence-electron chi connectivity index (χ2n) is 5.26. The Kier molecular flexibility index (Phi) is 5.46. The highest BCUT2D eigenvalue weighted by Gasteiger charge is 2.47. The maximum Gasteiger partial charge on any atom is 0.379 e. The van der Waals surface area contributed by atoms with Gasteiger partial charge in [-0.15, -0.1) is 0 Å². The van der Waals surface area contributed by atoms with Crippen LogP contribution in [0.25, 0.3) is 0 Å². The topological polar surface area (TPSA) is 102 Å². The molecule has 1 aliphatic heterocycles. The Balaban J connectivity index is 2.37. The van der Waals surface area contributed by atoms with E-state index in [1.807, 2.05) is 0 Å². The lowest BCUT2D eigenvalue weighted by Gasteiger charge is -2.33. The first-order valence-corrected chi connectivity index (χ1v) is 7.66. The molecular weight excluding hydrogens is 316 g/mol. The van der Waals surface area contributed by atoms with Gasteiger partial charge in [0, 0.05) is 12.3 Å². The molecule has 24 heavy (non-hydrogen) atoms. The molecule has 0 spiro atoms. The molecule has 0 saturated heterocycles. The molecule has 0 amide bonds. The van der Waals surface area contributed by atoms with Crippen molar-refractivity contribution in [2.24, 2.45) is 0 Å². The SMILES string of the molecule is CCOC(=O)C1=CC(c2ccc(O)cc2)CC(O)(C(=O)OCC)O1. The first-order valence-electron chi connectivity index (χ1n) is 7.66. The number of carbonyl (C=O) groups is 2. The van der Waals surface area contributed by atoms with Gasteiger partial charge >= 0.3 is 17.7 Å². The predicted octanol–water partition coefficient (Wildman–Crippen LogP) is 1.59. The van der Waals surface area contributed by atoms with Gasteiger partial charge in [0.1, 0.15) is 5.75 Å². The van der Waals surface area contributed by atoms with Crippen LogP contribution >= 0.6 is 0 Å². The van der Waals surface area contributed by atoms with E-state index in [2.05, 4.69) is 0 Å². The van der Waals surface area contributed by atoms with Gasteiger partial charge in [0.05, 0.1) is 13.2 Å². The third kappa shape index (κ3) is 3.86. The van der Waals surface area contributed by atoms with Gasteiger partial charge in [-0.3, -0.25) is 0 Å². The highest BCUT2D eigenvalue weighted by atomic mass is 16.7. The molecule has 1 aromatic rings. The molecule has 130 valence electrons. The van der Waals surface area contributed by atoms with Crippen LogP contribution in [0, 0.1) is 0 Å². The molecule has 1 aliphatic rings. The number of benzene rings is 1. The van der Waals surface area contributed by atoms with E-state index in [0.717, 1.165) is 0 Å². The summed E-state index contributed by atoms with van der Waals surface area (Å²) in [6.45, 7) is 3.42. The standard InChI is InChI=1S/C17H20O7/c1-3-22-15(19)14-9-12(11-5-7-13(18)8-6-11)10-17(21,24-14)16(20)23-4-2/h5-9,12,18,21H,3-4,10H2,1-2H3. The second-order valence-corrected chi connectivity index (χ2v) is 5.26. The summed E-state index contributed by atoms with van der Waals surface area (Å²) < 4.78 is 14.9. The summed E-state index contributed by atoms with van der Waals surface area (Å²) in [6.07, 6.45) is 1.36. The van der Waals surface area contributed by atoms with E-state index in [1.54, 1.807) is 26.0 Å². The number of carbonyl (C=O) groups excluding carboxylic acids is 2. The van der Waals surface area contributed by atoms with Crippen LogP contribution in [-0.4, -0.2) is 41.2 Å². The first kappa shape index (κ1) is 17.8. The molecule has 2 N–H and O–H groups in total. The van der Waals surface area contributed by atoms with E-state index in [0.29, 0.717) is 5.56 Å². The van der Waals surface area contributed by atoms with Crippen LogP contribution in [0.1, 0.15) is 31.7 Å². The molecule has 0 aromatic heterocycles. The van der Waals surface area contributed by atoms with E-state index in [1.165, 1.54) is 18.2 Å². The van der Waals surface area contributed by atoms with Crippen molar-refractivity contribution in [3.8, 4) is 5.75 Å². The minimum atomic E-state index is -2.28. The van der Waals surface area contributed by atoms with Gasteiger partial charge in [0.15, 0.2) is 0 Å². The van der Waals surface area contributed by atoms with Crippen molar-refractivity contribution in [3.63, 3.8) is 0 Å². The summed E-state index contributed by atoms with van der Waals surface area (Å²) in [6, 6.07) is 6.23. The minimum absolute atomic E-state index is 0.0623. The fraction of sp³-hybridized carbons (Fsp3) is 0.412. The van der Waals surface area contributed by atoms with Crippen LogP contribution in [0.5, 0.6) is 5.75 Å². The Labute approximate surface area is 139 Å². The average Bonchev–Trinajstić information content (AvgIpc) is 2.55. The number of hydrogen-bond donors (Lipinski definition) is 2. The number of ether oxygens (including phenoxy) is 3. The second kappa shape index (κ2) is 7.35. The Morgan fingerprint density at radius 1 is 1.21 bits per heavy atom. The number of aromatic hydroxyl groups is 1. The molecule has 1 heterocycles. The van der Waals surface area contributed by atoms with E-state index in [9.17, 15) is 19.8 Å². The van der Waals surface area contributed by atoms with E-state index >= 15 is 0 Å². The van der Waals surface area contributed by atoms with Gasteiger partial charge in [-0.2, -0.15) is 0 Å². The van der Waals surface area contributed by atoms with Crippen molar-refractivity contribution in [3.05, 3.63) is 41.7 Å². The summed E-state index contributed by atoms with van der Waals surface area (Å²) in [7, 11) is 0. The molecule has 7 heteroatoms. The molecule has 0 radical (unpaired) electrons. The number of phenols is 1. The van der Waals surface area contributed by atoms with Crippen LogP contribution in [-0.2, 0) is 23.8 Å². The minimum Gasteiger partial charge on any atom is -0.508 e. The van der Waals surface area contributed by atoms with Crippen LogP contribution in [0.15, 0.2) is 36.1 Å². The first-order chi connectivity index (χ1) is 11.4. The van der Waals surface area contributed by atoms with Gasteiger partial charge in [-0.05, 0) is 37.6 Å². The van der Waals surface area contributed by atoms with Gasteiger partial charge in [0.25, 0.3) is 0 Å². The third-order valence-corrected chi connectivity index (χ3v) is 3.52. The highest BCUT2D eigenvalue weighted by Crippen LogP contribution is 2.37. The molecule has 0 bridgehead atoms. The van der Waals surface area contributed by atoms with Crippen molar-refractivity contribution in [1.82, 2.24) is 0 Å². The molecule has 2 atom stereocenters. The fourth-order valence-corrected chi connectivity index (χ4v) is 2.41. The summed E-state index contributed by atoms with van der Waals surface area (Å²) in [4.78, 5) is 24.0. The van der Waals surface area contributed by atoms with Crippen molar-refractivity contribution >= 4 is 11.9 Å². The molecule has 2 rings (SSSR count). The summed E-state index contributed by atoms with van der Waals surface area (Å²) in [5.74, 6) is -4.69. The Morgan fingerprint density at radius 2 is 1.83 bits per heavy atom. The lowest BCUT2D eigenvalue weighted by Crippen LogP contribution is -2.46. The maximum atomic E-state index is 12.1. The van der Waals surface area contributed by atoms with Crippen LogP contribution < -0.4 is 0 Å². The van der Waals surface area contributed by atoms with E-state index in [-0.39, 0.29) is 31.1 Å². The Morgan fingerprint density at radius 3 is 2.42 bits per heavy atom. The van der Waals surface area contributed by atoms with Crippen LogP contribution in [0.3, 0.4) is 0 Å². The van der Waals surface area contributed by atoms with Crippen molar-refractivity contribution in [1.29, 1.82) is 0 Å². The van der Waals surface area contributed by atoms with Gasteiger partial charge in [-0.25, -0.2) is 9.59 Å². The van der Waals surface area contributed by atoms with E-state index < -0.39 is 23.6 Å². The largest absolute Gasteiger partial charge is 0.508 e. The van der Waals surface area contributed by atoms with Crippen molar-refractivity contribution in [2.45, 2.75) is 32.0 Å². The normalized spacial score (nSPS) is 23.0. The Bertz CT molecular complexity index is 635. The lowest BCUT2D eigenvalue weighted by molar-refractivity contribution is -0.224. The highest BCUT2D eigenvalue weighted by molar-refractivity contribution is 5.88. The number of phenolic OH excluding ortho intramolecular Hbond substituents is 1. The number of allylic oxidation sites excluding steroid dienone is 1. The summed E-state index contributed by atoms with van der Waals surface area (Å²) >= 11 is 0. The van der Waals surface area contributed by atoms with Crippen LogP contribution in [0.4, 0.5) is 0 Å². The van der Waals surface area contributed by atoms with Crippen molar-refractivity contribution in [2.75, 3.05) is 13.2 Å². The van der Waals surface area contributed by atoms with Gasteiger partial charge in [0.2, 0.25) is 5.76 Å². The zero-order chi connectivity index (χ0) is 17.7. The molecular formula is C17H20O7. The molecule has 0 saturated carbocycles. The molecule has 7 nitrogen and oxygen atoms in total. The average molecular weight is 336 g/mol. The van der Waals surface area contributed by atoms with Gasteiger partial charge in [-0.1, -0.05) is 12.1 Å². The quantitative estimate of drug-likeness (QED) is 0.787. The summed E-state index contributed by atoms with van der Waals surface area (Å²) in [5, 5.41) is 19.9. The van der Waals surface area contributed by atoms with Gasteiger partial charge < -0.3 is 24.4 Å². The molecule has 0 fully saturated rings. The smallest absolute Gasteiger partial charge is 0.379 e. The third-order valence-electron chi connectivity index (χ3n) is 3.52. The lowest BCUT2D eigenvalue weighted by atomic mass is 9.88. The monoisotopic (exact) mass is 336 g/mol. The maximum absolute atomic E-state index is 12.1. The molecule has 2 unspecified atom stereocenters. The predicted molar refractivity (Wildman–Crippen MR) is 82.8 cm³/mol. The molecule has 0 aliphatic carbocycles. The van der Waals surface area contributed by atoms with Crippen LogP contribution in [0.2, 0.25) is 0 Å². The Hall–Kier alpha value is -2.54. The van der Waals surface area contributed by atoms with E-state index in [4.69, 9.17) is 14.2 Å². The van der Waals surface area contributed by atoms with Crippen molar-refractivity contribution < 1.29 is 34.0 Å². The molecule has 1 aromatic carbocycles. The number of esters is 2. The fourth-order valence-electron chi connectivity index (χ4n) is 2.41. The number of rotatable bonds is 5. The number of aliphatic hydroxyl groups is 1. The zero-order valence-corrected chi connectivity index (χ0v) is 13.5.